The van der Waals surface area contributed by atoms with E-state index < -0.39 is 0 Å². The topological polar surface area (TPSA) is 51.6 Å². The lowest BCUT2D eigenvalue weighted by Gasteiger charge is -2.08. The minimum atomic E-state index is -0.0447. The fourth-order valence-corrected chi connectivity index (χ4v) is 2.31. The first-order valence-corrected chi connectivity index (χ1v) is 5.88. The Morgan fingerprint density at radius 3 is 2.71 bits per heavy atom. The van der Waals surface area contributed by atoms with Crippen molar-refractivity contribution in [3.8, 4) is 21.9 Å². The zero-order valence-corrected chi connectivity index (χ0v) is 10.5. The first-order valence-electron chi connectivity index (χ1n) is 5.06. The SMILES string of the molecule is COc1ccc(OC)c(-c2cnc(CO)s2)c1. The number of methoxy groups -OCH3 is 2. The molecule has 0 radical (unpaired) electrons. The van der Waals surface area contributed by atoms with Gasteiger partial charge in [0.25, 0.3) is 0 Å². The zero-order valence-electron chi connectivity index (χ0n) is 9.64. The summed E-state index contributed by atoms with van der Waals surface area (Å²) >= 11 is 1.44. The van der Waals surface area contributed by atoms with Crippen molar-refractivity contribution in [3.05, 3.63) is 29.4 Å². The lowest BCUT2D eigenvalue weighted by atomic mass is 10.1. The van der Waals surface area contributed by atoms with E-state index in [-0.39, 0.29) is 6.61 Å². The van der Waals surface area contributed by atoms with Crippen molar-refractivity contribution in [3.63, 3.8) is 0 Å². The molecule has 5 heteroatoms. The number of rotatable bonds is 4. The van der Waals surface area contributed by atoms with Crippen molar-refractivity contribution in [2.75, 3.05) is 14.2 Å². The second-order valence-corrected chi connectivity index (χ2v) is 4.46. The first-order chi connectivity index (χ1) is 8.28. The predicted octanol–water partition coefficient (Wildman–Crippen LogP) is 2.32. The van der Waals surface area contributed by atoms with Crippen LogP contribution in [0.5, 0.6) is 11.5 Å². The number of aliphatic hydroxyl groups is 1. The maximum atomic E-state index is 9.02. The molecule has 0 saturated heterocycles. The molecule has 0 aliphatic heterocycles. The second kappa shape index (κ2) is 5.16. The lowest BCUT2D eigenvalue weighted by Crippen LogP contribution is -1.88. The number of benzene rings is 1. The van der Waals surface area contributed by atoms with Crippen LogP contribution < -0.4 is 9.47 Å². The van der Waals surface area contributed by atoms with Crippen LogP contribution in [0.3, 0.4) is 0 Å². The largest absolute Gasteiger partial charge is 0.497 e. The number of aliphatic hydroxyl groups excluding tert-OH is 1. The highest BCUT2D eigenvalue weighted by Gasteiger charge is 2.10. The number of nitrogens with zero attached hydrogens (tertiary/aromatic N) is 1. The van der Waals surface area contributed by atoms with Gasteiger partial charge in [-0.1, -0.05) is 0 Å². The number of hydrogen-bond donors (Lipinski definition) is 1. The van der Waals surface area contributed by atoms with Gasteiger partial charge in [0, 0.05) is 11.8 Å². The Hall–Kier alpha value is -1.59. The summed E-state index contributed by atoms with van der Waals surface area (Å²) in [4.78, 5) is 5.06. The van der Waals surface area contributed by atoms with Gasteiger partial charge in [0.2, 0.25) is 0 Å². The monoisotopic (exact) mass is 251 g/mol. The molecule has 2 aromatic rings. The summed E-state index contributed by atoms with van der Waals surface area (Å²) in [5.74, 6) is 1.53. The summed E-state index contributed by atoms with van der Waals surface area (Å²) in [6.07, 6.45) is 1.73. The van der Waals surface area contributed by atoms with Crippen LogP contribution in [0, 0.1) is 0 Å². The Bertz CT molecular complexity index is 510. The number of thiazole rings is 1. The van der Waals surface area contributed by atoms with Crippen LogP contribution in [0.25, 0.3) is 10.4 Å². The highest BCUT2D eigenvalue weighted by atomic mass is 32.1. The van der Waals surface area contributed by atoms with Gasteiger partial charge in [0.15, 0.2) is 0 Å². The molecular weight excluding hydrogens is 238 g/mol. The quantitative estimate of drug-likeness (QED) is 0.906. The van der Waals surface area contributed by atoms with Crippen molar-refractivity contribution in [1.29, 1.82) is 0 Å². The van der Waals surface area contributed by atoms with Gasteiger partial charge in [-0.05, 0) is 18.2 Å². The summed E-state index contributed by atoms with van der Waals surface area (Å²) in [6, 6.07) is 5.59. The van der Waals surface area contributed by atoms with Crippen LogP contribution in [0.1, 0.15) is 5.01 Å². The highest BCUT2D eigenvalue weighted by molar-refractivity contribution is 7.15. The summed E-state index contributed by atoms with van der Waals surface area (Å²) in [5, 5.41) is 9.70. The van der Waals surface area contributed by atoms with Gasteiger partial charge in [-0.2, -0.15) is 0 Å². The van der Waals surface area contributed by atoms with Gasteiger partial charge in [-0.25, -0.2) is 4.98 Å². The van der Waals surface area contributed by atoms with Gasteiger partial charge in [-0.3, -0.25) is 0 Å². The average Bonchev–Trinajstić information content (AvgIpc) is 2.86. The third kappa shape index (κ3) is 2.40. The standard InChI is InChI=1S/C12H13NO3S/c1-15-8-3-4-10(16-2)9(5-8)11-6-13-12(7-14)17-11/h3-6,14H,7H2,1-2H3. The molecule has 0 amide bonds. The third-order valence-corrected chi connectivity index (χ3v) is 3.38. The van der Waals surface area contributed by atoms with Gasteiger partial charge < -0.3 is 14.6 Å². The highest BCUT2D eigenvalue weighted by Crippen LogP contribution is 2.36. The maximum absolute atomic E-state index is 9.02. The molecule has 1 aromatic heterocycles. The van der Waals surface area contributed by atoms with E-state index in [2.05, 4.69) is 4.98 Å². The van der Waals surface area contributed by atoms with E-state index in [0.717, 1.165) is 21.9 Å². The van der Waals surface area contributed by atoms with Crippen LogP contribution >= 0.6 is 11.3 Å². The van der Waals surface area contributed by atoms with Crippen molar-refractivity contribution in [2.45, 2.75) is 6.61 Å². The van der Waals surface area contributed by atoms with Crippen LogP contribution in [-0.4, -0.2) is 24.3 Å². The molecule has 0 spiro atoms. The molecule has 1 N–H and O–H groups in total. The Morgan fingerprint density at radius 2 is 2.12 bits per heavy atom. The van der Waals surface area contributed by atoms with E-state index in [1.165, 1.54) is 11.3 Å². The Labute approximate surface area is 103 Å². The molecule has 0 atom stereocenters. The van der Waals surface area contributed by atoms with Gasteiger partial charge in [0.1, 0.15) is 16.5 Å². The molecule has 17 heavy (non-hydrogen) atoms. The molecule has 0 aliphatic carbocycles. The molecule has 90 valence electrons. The molecule has 0 saturated carbocycles. The molecule has 0 fully saturated rings. The van der Waals surface area contributed by atoms with E-state index in [1.54, 1.807) is 20.4 Å². The minimum absolute atomic E-state index is 0.0447. The van der Waals surface area contributed by atoms with Crippen molar-refractivity contribution in [1.82, 2.24) is 4.98 Å². The summed E-state index contributed by atoms with van der Waals surface area (Å²) in [7, 11) is 3.25. The second-order valence-electron chi connectivity index (χ2n) is 3.34. The van der Waals surface area contributed by atoms with Crippen molar-refractivity contribution >= 4 is 11.3 Å². The molecule has 0 bridgehead atoms. The predicted molar refractivity (Wildman–Crippen MR) is 66.6 cm³/mol. The third-order valence-electron chi connectivity index (χ3n) is 2.36. The van der Waals surface area contributed by atoms with E-state index >= 15 is 0 Å². The Morgan fingerprint density at radius 1 is 1.29 bits per heavy atom. The van der Waals surface area contributed by atoms with Crippen LogP contribution in [0.2, 0.25) is 0 Å². The van der Waals surface area contributed by atoms with E-state index in [0.29, 0.717) is 5.01 Å². The van der Waals surface area contributed by atoms with Crippen molar-refractivity contribution in [2.24, 2.45) is 0 Å². The average molecular weight is 251 g/mol. The van der Waals surface area contributed by atoms with Gasteiger partial charge in [0.05, 0.1) is 25.7 Å². The Kier molecular flexibility index (Phi) is 3.61. The molecule has 2 rings (SSSR count). The van der Waals surface area contributed by atoms with E-state index in [9.17, 15) is 0 Å². The number of ether oxygens (including phenoxy) is 2. The van der Waals surface area contributed by atoms with Gasteiger partial charge >= 0.3 is 0 Å². The molecule has 0 unspecified atom stereocenters. The molecule has 1 heterocycles. The molecule has 1 aromatic carbocycles. The molecule has 4 nitrogen and oxygen atoms in total. The van der Waals surface area contributed by atoms with E-state index in [4.69, 9.17) is 14.6 Å². The normalized spacial score (nSPS) is 10.3. The summed E-state index contributed by atoms with van der Waals surface area (Å²) in [6.45, 7) is -0.0447. The van der Waals surface area contributed by atoms with Gasteiger partial charge in [-0.15, -0.1) is 11.3 Å². The number of aromatic nitrogens is 1. The minimum Gasteiger partial charge on any atom is -0.497 e. The molecular formula is C12H13NO3S. The van der Waals surface area contributed by atoms with Crippen LogP contribution in [-0.2, 0) is 6.61 Å². The summed E-state index contributed by atoms with van der Waals surface area (Å²) in [5.41, 5.74) is 0.920. The smallest absolute Gasteiger partial charge is 0.127 e. The lowest BCUT2D eigenvalue weighted by molar-refractivity contribution is 0.281. The fourth-order valence-electron chi connectivity index (χ4n) is 1.51. The zero-order chi connectivity index (χ0) is 12.3. The van der Waals surface area contributed by atoms with E-state index in [1.807, 2.05) is 18.2 Å². The molecule has 0 aliphatic rings. The summed E-state index contributed by atoms with van der Waals surface area (Å²) < 4.78 is 10.5. The fraction of sp³-hybridized carbons (Fsp3) is 0.250. The van der Waals surface area contributed by atoms with Crippen LogP contribution in [0.4, 0.5) is 0 Å². The Balaban J connectivity index is 2.47. The van der Waals surface area contributed by atoms with Crippen LogP contribution in [0.15, 0.2) is 24.4 Å². The van der Waals surface area contributed by atoms with Crippen molar-refractivity contribution < 1.29 is 14.6 Å². The number of hydrogen-bond acceptors (Lipinski definition) is 5. The first kappa shape index (κ1) is 11.9. The maximum Gasteiger partial charge on any atom is 0.127 e.